The highest BCUT2D eigenvalue weighted by Crippen LogP contribution is 2.26. The lowest BCUT2D eigenvalue weighted by Gasteiger charge is -2.13. The molecule has 0 aliphatic rings. The van der Waals surface area contributed by atoms with E-state index >= 15 is 0 Å². The van der Waals surface area contributed by atoms with Crippen molar-refractivity contribution in [3.8, 4) is 0 Å². The van der Waals surface area contributed by atoms with E-state index in [2.05, 4.69) is 71.5 Å². The highest BCUT2D eigenvalue weighted by Gasteiger charge is 2.11. The first-order valence-electron chi connectivity index (χ1n) is 9.41. The Morgan fingerprint density at radius 3 is 2.43 bits per heavy atom. The number of hydrogen-bond acceptors (Lipinski definition) is 1. The van der Waals surface area contributed by atoms with Crippen LogP contribution in [0.2, 0.25) is 10.0 Å². The molecule has 0 bridgehead atoms. The summed E-state index contributed by atoms with van der Waals surface area (Å²) >= 11 is 12.3. The minimum absolute atomic E-state index is 0.290. The molecule has 2 nitrogen and oxygen atoms in total. The van der Waals surface area contributed by atoms with Gasteiger partial charge in [0.1, 0.15) is 0 Å². The monoisotopic (exact) mass is 408 g/mol. The molecule has 4 heteroatoms. The van der Waals surface area contributed by atoms with Crippen molar-refractivity contribution in [2.45, 2.75) is 26.1 Å². The number of aromatic nitrogens is 1. The molecular formula is C24H22Cl2N2. The molecule has 0 radical (unpaired) electrons. The summed E-state index contributed by atoms with van der Waals surface area (Å²) in [4.78, 5) is 0. The minimum atomic E-state index is 0.290. The van der Waals surface area contributed by atoms with Gasteiger partial charge in [-0.15, -0.1) is 0 Å². The van der Waals surface area contributed by atoms with Crippen LogP contribution in [0.15, 0.2) is 79.0 Å². The fraction of sp³-hybridized carbons (Fsp3) is 0.167. The van der Waals surface area contributed by atoms with E-state index in [0.29, 0.717) is 16.1 Å². The SMILES string of the molecule is C[C@@H](NCc1cn(Cc2ccc(Cl)c(Cl)c2)c2ccccc12)c1ccccc1. The zero-order valence-electron chi connectivity index (χ0n) is 15.7. The van der Waals surface area contributed by atoms with Crippen LogP contribution >= 0.6 is 23.2 Å². The van der Waals surface area contributed by atoms with E-state index in [-0.39, 0.29) is 0 Å². The van der Waals surface area contributed by atoms with Crippen molar-refractivity contribution < 1.29 is 0 Å². The van der Waals surface area contributed by atoms with Gasteiger partial charge in [0.2, 0.25) is 0 Å². The van der Waals surface area contributed by atoms with Crippen LogP contribution < -0.4 is 5.32 Å². The lowest BCUT2D eigenvalue weighted by molar-refractivity contribution is 0.575. The van der Waals surface area contributed by atoms with Gasteiger partial charge in [0, 0.05) is 36.2 Å². The van der Waals surface area contributed by atoms with Gasteiger partial charge in [-0.2, -0.15) is 0 Å². The van der Waals surface area contributed by atoms with E-state index in [0.717, 1.165) is 18.7 Å². The molecule has 1 aromatic heterocycles. The van der Waals surface area contributed by atoms with Crippen LogP contribution in [0.3, 0.4) is 0 Å². The topological polar surface area (TPSA) is 17.0 Å². The maximum atomic E-state index is 6.20. The Balaban J connectivity index is 1.58. The van der Waals surface area contributed by atoms with Crippen molar-refractivity contribution in [1.29, 1.82) is 0 Å². The molecule has 0 saturated carbocycles. The first-order valence-corrected chi connectivity index (χ1v) is 10.2. The van der Waals surface area contributed by atoms with Crippen molar-refractivity contribution >= 4 is 34.1 Å². The van der Waals surface area contributed by atoms with E-state index in [1.54, 1.807) is 0 Å². The lowest BCUT2D eigenvalue weighted by atomic mass is 10.1. The molecule has 0 amide bonds. The Labute approximate surface area is 175 Å². The number of benzene rings is 3. The van der Waals surface area contributed by atoms with E-state index in [1.165, 1.54) is 22.0 Å². The van der Waals surface area contributed by atoms with Gasteiger partial charge in [-0.05, 0) is 41.8 Å². The van der Waals surface area contributed by atoms with Gasteiger partial charge in [0.05, 0.1) is 10.0 Å². The van der Waals surface area contributed by atoms with Crippen molar-refractivity contribution in [2.75, 3.05) is 0 Å². The average molecular weight is 409 g/mol. The van der Waals surface area contributed by atoms with Gasteiger partial charge < -0.3 is 9.88 Å². The molecule has 0 aliphatic carbocycles. The Bertz CT molecular complexity index is 1090. The number of fused-ring (bicyclic) bond motifs is 1. The summed E-state index contributed by atoms with van der Waals surface area (Å²) in [5.41, 5.74) is 4.94. The lowest BCUT2D eigenvalue weighted by Crippen LogP contribution is -2.17. The summed E-state index contributed by atoms with van der Waals surface area (Å²) in [5.74, 6) is 0. The molecule has 0 saturated heterocycles. The fourth-order valence-electron chi connectivity index (χ4n) is 3.55. The molecule has 1 N–H and O–H groups in total. The number of rotatable bonds is 6. The second-order valence-electron chi connectivity index (χ2n) is 7.06. The maximum absolute atomic E-state index is 6.20. The predicted octanol–water partition coefficient (Wildman–Crippen LogP) is 6.85. The van der Waals surface area contributed by atoms with Crippen molar-refractivity contribution in [1.82, 2.24) is 9.88 Å². The highest BCUT2D eigenvalue weighted by molar-refractivity contribution is 6.42. The van der Waals surface area contributed by atoms with Crippen LogP contribution in [-0.4, -0.2) is 4.57 Å². The van der Waals surface area contributed by atoms with E-state index in [9.17, 15) is 0 Å². The van der Waals surface area contributed by atoms with Crippen molar-refractivity contribution in [2.24, 2.45) is 0 Å². The zero-order chi connectivity index (χ0) is 19.5. The Kier molecular flexibility index (Phi) is 5.72. The van der Waals surface area contributed by atoms with Crippen LogP contribution in [0, 0.1) is 0 Å². The molecule has 0 spiro atoms. The summed E-state index contributed by atoms with van der Waals surface area (Å²) in [6.45, 7) is 3.76. The molecule has 1 atom stereocenters. The molecule has 0 fully saturated rings. The van der Waals surface area contributed by atoms with Crippen LogP contribution in [-0.2, 0) is 13.1 Å². The van der Waals surface area contributed by atoms with Crippen LogP contribution in [0.5, 0.6) is 0 Å². The Morgan fingerprint density at radius 2 is 1.64 bits per heavy atom. The average Bonchev–Trinajstić information content (AvgIpc) is 3.07. The third-order valence-corrected chi connectivity index (χ3v) is 5.85. The van der Waals surface area contributed by atoms with E-state index in [4.69, 9.17) is 23.2 Å². The summed E-state index contributed by atoms with van der Waals surface area (Å²) in [5, 5.41) is 6.10. The third-order valence-electron chi connectivity index (χ3n) is 5.11. The van der Waals surface area contributed by atoms with Gasteiger partial charge in [-0.25, -0.2) is 0 Å². The third kappa shape index (κ3) is 4.10. The standard InChI is InChI=1S/C24H22Cl2N2/c1-17(19-7-3-2-4-8-19)27-14-20-16-28(24-10-6-5-9-21(20)24)15-18-11-12-22(25)23(26)13-18/h2-13,16-17,27H,14-15H2,1H3/t17-/m1/s1. The molecule has 1 heterocycles. The van der Waals surface area contributed by atoms with Crippen LogP contribution in [0.4, 0.5) is 0 Å². The van der Waals surface area contributed by atoms with E-state index < -0.39 is 0 Å². The second-order valence-corrected chi connectivity index (χ2v) is 7.88. The van der Waals surface area contributed by atoms with Gasteiger partial charge in [0.25, 0.3) is 0 Å². The summed E-state index contributed by atoms with van der Waals surface area (Å²) < 4.78 is 2.28. The van der Waals surface area contributed by atoms with E-state index in [1.807, 2.05) is 24.3 Å². The number of para-hydroxylation sites is 1. The number of nitrogens with one attached hydrogen (secondary N) is 1. The van der Waals surface area contributed by atoms with Crippen molar-refractivity contribution in [3.63, 3.8) is 0 Å². The molecular weight excluding hydrogens is 387 g/mol. The smallest absolute Gasteiger partial charge is 0.0595 e. The molecule has 0 unspecified atom stereocenters. The maximum Gasteiger partial charge on any atom is 0.0595 e. The van der Waals surface area contributed by atoms with Crippen LogP contribution in [0.1, 0.15) is 29.7 Å². The molecule has 4 aromatic rings. The normalized spacial score (nSPS) is 12.4. The molecule has 0 aliphatic heterocycles. The van der Waals surface area contributed by atoms with Gasteiger partial charge in [-0.3, -0.25) is 0 Å². The highest BCUT2D eigenvalue weighted by atomic mass is 35.5. The van der Waals surface area contributed by atoms with Crippen molar-refractivity contribution in [3.05, 3.63) is 106 Å². The summed E-state index contributed by atoms with van der Waals surface area (Å²) in [6.07, 6.45) is 2.23. The molecule has 28 heavy (non-hydrogen) atoms. The van der Waals surface area contributed by atoms with Crippen LogP contribution in [0.25, 0.3) is 10.9 Å². The largest absolute Gasteiger partial charge is 0.343 e. The van der Waals surface area contributed by atoms with Gasteiger partial charge in [-0.1, -0.05) is 77.8 Å². The first-order chi connectivity index (χ1) is 13.6. The number of hydrogen-bond donors (Lipinski definition) is 1. The predicted molar refractivity (Wildman–Crippen MR) is 119 cm³/mol. The molecule has 3 aromatic carbocycles. The number of halogens is 2. The fourth-order valence-corrected chi connectivity index (χ4v) is 3.87. The summed E-state index contributed by atoms with van der Waals surface area (Å²) in [6, 6.07) is 25.2. The molecule has 4 rings (SSSR count). The summed E-state index contributed by atoms with van der Waals surface area (Å²) in [7, 11) is 0. The Hall–Kier alpha value is -2.26. The molecule has 142 valence electrons. The van der Waals surface area contributed by atoms with Gasteiger partial charge in [0.15, 0.2) is 0 Å². The minimum Gasteiger partial charge on any atom is -0.343 e. The van der Waals surface area contributed by atoms with Gasteiger partial charge >= 0.3 is 0 Å². The number of nitrogens with zero attached hydrogens (tertiary/aromatic N) is 1. The zero-order valence-corrected chi connectivity index (χ0v) is 17.2. The Morgan fingerprint density at radius 1 is 0.893 bits per heavy atom. The first kappa shape index (κ1) is 19.1. The second kappa shape index (κ2) is 8.40. The quantitative estimate of drug-likeness (QED) is 0.369.